The fourth-order valence-corrected chi connectivity index (χ4v) is 2.08. The maximum atomic E-state index is 10.7. The number of furan rings is 1. The molecule has 19 heavy (non-hydrogen) atoms. The van der Waals surface area contributed by atoms with Crippen LogP contribution < -0.4 is 0 Å². The van der Waals surface area contributed by atoms with Gasteiger partial charge in [0.25, 0.3) is 0 Å². The Kier molecular flexibility index (Phi) is 3.71. The predicted molar refractivity (Wildman–Crippen MR) is 70.4 cm³/mol. The molecule has 0 aliphatic carbocycles. The van der Waals surface area contributed by atoms with E-state index in [1.54, 1.807) is 12.3 Å². The largest absolute Gasteiger partial charge is 0.475 e. The van der Waals surface area contributed by atoms with E-state index in [9.17, 15) is 4.79 Å². The van der Waals surface area contributed by atoms with Crippen LogP contribution in [0.4, 0.5) is 0 Å². The summed E-state index contributed by atoms with van der Waals surface area (Å²) in [5, 5.41) is 9.28. The first-order valence-corrected chi connectivity index (χ1v) is 6.76. The first-order valence-electron chi connectivity index (χ1n) is 5.77. The maximum Gasteiger partial charge on any atom is 0.371 e. The van der Waals surface area contributed by atoms with Crippen LogP contribution in [0.5, 0.6) is 0 Å². The van der Waals surface area contributed by atoms with Crippen molar-refractivity contribution in [1.29, 1.82) is 0 Å². The molecule has 0 radical (unpaired) electrons. The summed E-state index contributed by atoms with van der Waals surface area (Å²) >= 11 is 1.35. The smallest absolute Gasteiger partial charge is 0.371 e. The lowest BCUT2D eigenvalue weighted by molar-refractivity contribution is 0.0656. The van der Waals surface area contributed by atoms with E-state index >= 15 is 0 Å². The number of hydrogen-bond acceptors (Lipinski definition) is 5. The molecule has 6 heteroatoms. The van der Waals surface area contributed by atoms with Crippen molar-refractivity contribution < 1.29 is 18.7 Å². The van der Waals surface area contributed by atoms with Crippen LogP contribution in [0.15, 0.2) is 32.3 Å². The van der Waals surface area contributed by atoms with E-state index in [1.807, 2.05) is 0 Å². The highest BCUT2D eigenvalue weighted by atomic mass is 32.2. The lowest BCUT2D eigenvalue weighted by atomic mass is 9.94. The van der Waals surface area contributed by atoms with Crippen LogP contribution in [0.1, 0.15) is 43.0 Å². The van der Waals surface area contributed by atoms with Crippen molar-refractivity contribution in [2.45, 2.75) is 37.0 Å². The molecule has 0 unspecified atom stereocenters. The van der Waals surface area contributed by atoms with Crippen LogP contribution in [0.3, 0.4) is 0 Å². The van der Waals surface area contributed by atoms with Crippen molar-refractivity contribution >= 4 is 17.7 Å². The second-order valence-corrected chi connectivity index (χ2v) is 6.06. The van der Waals surface area contributed by atoms with E-state index in [4.69, 9.17) is 13.9 Å². The summed E-state index contributed by atoms with van der Waals surface area (Å²) in [7, 11) is 0. The van der Waals surface area contributed by atoms with Gasteiger partial charge in [-0.25, -0.2) is 9.78 Å². The second-order valence-electron chi connectivity index (χ2n) is 5.08. The van der Waals surface area contributed by atoms with Crippen LogP contribution in [0.2, 0.25) is 0 Å². The van der Waals surface area contributed by atoms with Crippen LogP contribution >= 0.6 is 11.8 Å². The van der Waals surface area contributed by atoms with E-state index in [0.29, 0.717) is 16.7 Å². The molecule has 0 fully saturated rings. The number of aromatic carboxylic acids is 1. The molecule has 0 aliphatic rings. The molecule has 0 bridgehead atoms. The molecule has 0 saturated carbocycles. The number of thioether (sulfide) groups is 1. The zero-order valence-electron chi connectivity index (χ0n) is 11.0. The molecule has 0 aromatic carbocycles. The Labute approximate surface area is 115 Å². The number of carboxylic acids is 1. The predicted octanol–water partition coefficient (Wildman–Crippen LogP) is 3.56. The number of nitrogens with zero attached hydrogens (tertiary/aromatic N) is 1. The van der Waals surface area contributed by atoms with Gasteiger partial charge in [-0.05, 0) is 12.1 Å². The number of rotatable bonds is 4. The molecular formula is C13H15NO4S. The summed E-state index contributed by atoms with van der Waals surface area (Å²) < 4.78 is 10.8. The number of carboxylic acid groups (broad SMARTS) is 1. The SMILES string of the molecule is CC(C)(C)c1cnc(CSc2ccc(C(=O)O)o2)o1. The maximum absolute atomic E-state index is 10.7. The molecule has 0 aliphatic heterocycles. The molecule has 0 atom stereocenters. The van der Waals surface area contributed by atoms with Crippen molar-refractivity contribution in [1.82, 2.24) is 4.98 Å². The standard InChI is InChI=1S/C13H15NO4S/c1-13(2,3)9-6-14-10(18-9)7-19-11-5-4-8(17-11)12(15)16/h4-6H,7H2,1-3H3,(H,15,16). The van der Waals surface area contributed by atoms with Crippen molar-refractivity contribution in [3.8, 4) is 0 Å². The van der Waals surface area contributed by atoms with Gasteiger partial charge in [0.2, 0.25) is 11.7 Å². The van der Waals surface area contributed by atoms with E-state index in [1.165, 1.54) is 17.8 Å². The van der Waals surface area contributed by atoms with Gasteiger partial charge in [0.05, 0.1) is 11.9 Å². The Morgan fingerprint density at radius 2 is 2.11 bits per heavy atom. The second kappa shape index (κ2) is 5.13. The van der Waals surface area contributed by atoms with Crippen molar-refractivity contribution in [2.24, 2.45) is 0 Å². The average molecular weight is 281 g/mol. The third-order valence-corrected chi connectivity index (χ3v) is 3.32. The van der Waals surface area contributed by atoms with Gasteiger partial charge in [0.15, 0.2) is 5.09 Å². The minimum absolute atomic E-state index is 0.0646. The minimum Gasteiger partial charge on any atom is -0.475 e. The lowest BCUT2D eigenvalue weighted by Gasteiger charge is -2.12. The number of hydrogen-bond donors (Lipinski definition) is 1. The third kappa shape index (κ3) is 3.41. The third-order valence-electron chi connectivity index (χ3n) is 2.42. The minimum atomic E-state index is -1.07. The molecule has 0 amide bonds. The summed E-state index contributed by atoms with van der Waals surface area (Å²) in [6, 6.07) is 3.06. The Hall–Kier alpha value is -1.69. The summed E-state index contributed by atoms with van der Waals surface area (Å²) in [4.78, 5) is 14.9. The fraction of sp³-hybridized carbons (Fsp3) is 0.385. The van der Waals surface area contributed by atoms with E-state index < -0.39 is 5.97 Å². The van der Waals surface area contributed by atoms with Gasteiger partial charge < -0.3 is 13.9 Å². The number of aromatic nitrogens is 1. The zero-order valence-corrected chi connectivity index (χ0v) is 11.8. The number of oxazole rings is 1. The molecule has 0 saturated heterocycles. The normalized spacial score (nSPS) is 11.7. The Morgan fingerprint density at radius 3 is 2.63 bits per heavy atom. The van der Waals surface area contributed by atoms with Crippen molar-refractivity contribution in [3.05, 3.63) is 35.7 Å². The molecule has 2 aromatic rings. The molecule has 5 nitrogen and oxygen atoms in total. The van der Waals surface area contributed by atoms with E-state index in [2.05, 4.69) is 25.8 Å². The lowest BCUT2D eigenvalue weighted by Crippen LogP contribution is -2.09. The quantitative estimate of drug-likeness (QED) is 0.863. The molecule has 2 aromatic heterocycles. The summed E-state index contributed by atoms with van der Waals surface area (Å²) in [6.07, 6.45) is 1.72. The monoisotopic (exact) mass is 281 g/mol. The van der Waals surface area contributed by atoms with E-state index in [0.717, 1.165) is 5.76 Å². The van der Waals surface area contributed by atoms with Gasteiger partial charge in [-0.2, -0.15) is 0 Å². The molecule has 0 spiro atoms. The van der Waals surface area contributed by atoms with Gasteiger partial charge in [-0.1, -0.05) is 32.5 Å². The summed E-state index contributed by atoms with van der Waals surface area (Å²) in [5.74, 6) is 0.795. The summed E-state index contributed by atoms with van der Waals surface area (Å²) in [5.41, 5.74) is -0.0723. The average Bonchev–Trinajstić information content (AvgIpc) is 2.95. The Balaban J connectivity index is 1.98. The highest BCUT2D eigenvalue weighted by Crippen LogP contribution is 2.27. The molecule has 2 rings (SSSR count). The van der Waals surface area contributed by atoms with Gasteiger partial charge in [0.1, 0.15) is 5.76 Å². The van der Waals surface area contributed by atoms with Crippen LogP contribution in [-0.4, -0.2) is 16.1 Å². The van der Waals surface area contributed by atoms with Gasteiger partial charge >= 0.3 is 5.97 Å². The van der Waals surface area contributed by atoms with Gasteiger partial charge in [-0.15, -0.1) is 0 Å². The van der Waals surface area contributed by atoms with Crippen LogP contribution in [0, 0.1) is 0 Å². The van der Waals surface area contributed by atoms with Gasteiger partial charge in [0, 0.05) is 5.41 Å². The molecular weight excluding hydrogens is 266 g/mol. The topological polar surface area (TPSA) is 76.5 Å². The van der Waals surface area contributed by atoms with Gasteiger partial charge in [-0.3, -0.25) is 0 Å². The number of carbonyl (C=O) groups is 1. The zero-order chi connectivity index (χ0) is 14.0. The van der Waals surface area contributed by atoms with E-state index in [-0.39, 0.29) is 11.2 Å². The molecule has 2 heterocycles. The Bertz CT molecular complexity index is 579. The first-order chi connectivity index (χ1) is 8.86. The Morgan fingerprint density at radius 1 is 1.37 bits per heavy atom. The van der Waals surface area contributed by atoms with Crippen molar-refractivity contribution in [2.75, 3.05) is 0 Å². The van der Waals surface area contributed by atoms with Crippen LogP contribution in [-0.2, 0) is 11.2 Å². The summed E-state index contributed by atoms with van der Waals surface area (Å²) in [6.45, 7) is 6.16. The van der Waals surface area contributed by atoms with Crippen LogP contribution in [0.25, 0.3) is 0 Å². The first kappa shape index (κ1) is 13.7. The van der Waals surface area contributed by atoms with Crippen molar-refractivity contribution in [3.63, 3.8) is 0 Å². The fourth-order valence-electron chi connectivity index (χ4n) is 1.37. The highest BCUT2D eigenvalue weighted by molar-refractivity contribution is 7.98. The highest BCUT2D eigenvalue weighted by Gasteiger charge is 2.19. The molecule has 102 valence electrons. The molecule has 1 N–H and O–H groups in total.